The molecule has 0 aromatic rings. The maximum atomic E-state index is 2.40. The van der Waals surface area contributed by atoms with Crippen LogP contribution in [0.5, 0.6) is 0 Å². The molecule has 2 fully saturated rings. The lowest BCUT2D eigenvalue weighted by Gasteiger charge is -2.39. The highest BCUT2D eigenvalue weighted by Crippen LogP contribution is 2.44. The molecule has 0 radical (unpaired) electrons. The summed E-state index contributed by atoms with van der Waals surface area (Å²) >= 11 is 0. The van der Waals surface area contributed by atoms with Crippen molar-refractivity contribution in [2.24, 2.45) is 29.6 Å². The second-order valence-electron chi connectivity index (χ2n) is 7.44. The van der Waals surface area contributed by atoms with Crippen LogP contribution in [0.2, 0.25) is 0 Å². The first-order chi connectivity index (χ1) is 9.28. The number of rotatable bonds is 5. The van der Waals surface area contributed by atoms with Crippen molar-refractivity contribution in [1.82, 2.24) is 0 Å². The molecule has 2 rings (SSSR count). The molecule has 0 amide bonds. The highest BCUT2D eigenvalue weighted by atomic mass is 14.4. The van der Waals surface area contributed by atoms with E-state index in [1.807, 2.05) is 0 Å². The summed E-state index contributed by atoms with van der Waals surface area (Å²) in [4.78, 5) is 0. The largest absolute Gasteiger partial charge is 0.0651 e. The summed E-state index contributed by atoms with van der Waals surface area (Å²) in [5, 5.41) is 0. The third-order valence-electron chi connectivity index (χ3n) is 6.67. The molecule has 0 N–H and O–H groups in total. The first-order valence-corrected chi connectivity index (χ1v) is 9.28. The third-order valence-corrected chi connectivity index (χ3v) is 6.67. The molecule has 0 atom stereocenters. The van der Waals surface area contributed by atoms with Gasteiger partial charge in [0.1, 0.15) is 0 Å². The van der Waals surface area contributed by atoms with E-state index in [2.05, 4.69) is 20.8 Å². The van der Waals surface area contributed by atoms with Gasteiger partial charge in [-0.25, -0.2) is 0 Å². The molecule has 0 heteroatoms. The molecule has 2 saturated carbocycles. The first-order valence-electron chi connectivity index (χ1n) is 9.28. The normalized spacial score (nSPS) is 36.6. The zero-order valence-electron chi connectivity index (χ0n) is 13.7. The van der Waals surface area contributed by atoms with E-state index < -0.39 is 0 Å². The van der Waals surface area contributed by atoms with Crippen molar-refractivity contribution in [3.63, 3.8) is 0 Å². The SMILES string of the molecule is CCC1CCC(C2CCC(C(CC)CC)CC2)CC1. The van der Waals surface area contributed by atoms with Gasteiger partial charge in [-0.1, -0.05) is 52.9 Å². The van der Waals surface area contributed by atoms with Gasteiger partial charge in [0.05, 0.1) is 0 Å². The topological polar surface area (TPSA) is 0 Å². The molecular formula is C19H36. The average molecular weight is 264 g/mol. The Kier molecular flexibility index (Phi) is 6.23. The molecule has 0 aromatic carbocycles. The average Bonchev–Trinajstić information content (AvgIpc) is 2.49. The van der Waals surface area contributed by atoms with Crippen LogP contribution in [0, 0.1) is 29.6 Å². The summed E-state index contributed by atoms with van der Waals surface area (Å²) in [6.07, 6.45) is 16.6. The smallest absolute Gasteiger partial charge is 0.0386 e. The molecule has 112 valence electrons. The Labute approximate surface area is 121 Å². The molecular weight excluding hydrogens is 228 g/mol. The Morgan fingerprint density at radius 1 is 0.684 bits per heavy atom. The molecule has 0 saturated heterocycles. The van der Waals surface area contributed by atoms with Crippen LogP contribution in [0.25, 0.3) is 0 Å². The summed E-state index contributed by atoms with van der Waals surface area (Å²) in [6.45, 7) is 7.17. The lowest BCUT2D eigenvalue weighted by atomic mass is 9.66. The summed E-state index contributed by atoms with van der Waals surface area (Å²) in [5.74, 6) is 5.36. The van der Waals surface area contributed by atoms with E-state index in [-0.39, 0.29) is 0 Å². The Morgan fingerprint density at radius 2 is 1.16 bits per heavy atom. The standard InChI is InChI=1S/C19H36/c1-4-15-7-9-18(10-8-15)19-13-11-17(12-14-19)16(5-2)6-3/h15-19H,4-14H2,1-3H3. The molecule has 0 aromatic heterocycles. The van der Waals surface area contributed by atoms with E-state index in [0.29, 0.717) is 0 Å². The molecule has 0 heterocycles. The van der Waals surface area contributed by atoms with Gasteiger partial charge in [0, 0.05) is 0 Å². The molecule has 0 nitrogen and oxygen atoms in total. The van der Waals surface area contributed by atoms with Gasteiger partial charge in [0.15, 0.2) is 0 Å². The quantitative estimate of drug-likeness (QED) is 0.535. The second-order valence-corrected chi connectivity index (χ2v) is 7.44. The van der Waals surface area contributed by atoms with Crippen LogP contribution in [0.4, 0.5) is 0 Å². The maximum Gasteiger partial charge on any atom is -0.0386 e. The molecule has 2 aliphatic rings. The molecule has 0 aliphatic heterocycles. The lowest BCUT2D eigenvalue weighted by molar-refractivity contribution is 0.122. The van der Waals surface area contributed by atoms with E-state index in [9.17, 15) is 0 Å². The van der Waals surface area contributed by atoms with Crippen LogP contribution in [-0.2, 0) is 0 Å². The van der Waals surface area contributed by atoms with Crippen molar-refractivity contribution in [2.75, 3.05) is 0 Å². The fourth-order valence-electron chi connectivity index (χ4n) is 5.11. The van der Waals surface area contributed by atoms with Crippen LogP contribution in [0.3, 0.4) is 0 Å². The molecule has 2 aliphatic carbocycles. The van der Waals surface area contributed by atoms with Gasteiger partial charge >= 0.3 is 0 Å². The fraction of sp³-hybridized carbons (Fsp3) is 1.00. The van der Waals surface area contributed by atoms with E-state index in [1.54, 1.807) is 38.5 Å². The Balaban J connectivity index is 1.74. The van der Waals surface area contributed by atoms with E-state index in [1.165, 1.54) is 32.1 Å². The van der Waals surface area contributed by atoms with Gasteiger partial charge in [-0.15, -0.1) is 0 Å². The van der Waals surface area contributed by atoms with Gasteiger partial charge in [0.25, 0.3) is 0 Å². The Morgan fingerprint density at radius 3 is 1.58 bits per heavy atom. The summed E-state index contributed by atoms with van der Waals surface area (Å²) in [6, 6.07) is 0. The highest BCUT2D eigenvalue weighted by molar-refractivity contribution is 4.83. The van der Waals surface area contributed by atoms with Crippen LogP contribution < -0.4 is 0 Å². The van der Waals surface area contributed by atoms with Crippen LogP contribution >= 0.6 is 0 Å². The van der Waals surface area contributed by atoms with Gasteiger partial charge in [-0.3, -0.25) is 0 Å². The van der Waals surface area contributed by atoms with Crippen molar-refractivity contribution in [2.45, 2.75) is 91.4 Å². The zero-order valence-corrected chi connectivity index (χ0v) is 13.7. The second kappa shape index (κ2) is 7.70. The van der Waals surface area contributed by atoms with E-state index in [0.717, 1.165) is 29.6 Å². The molecule has 0 spiro atoms. The van der Waals surface area contributed by atoms with Gasteiger partial charge in [-0.2, -0.15) is 0 Å². The Hall–Kier alpha value is 0. The van der Waals surface area contributed by atoms with Gasteiger partial charge in [-0.05, 0) is 68.1 Å². The third kappa shape index (κ3) is 3.99. The number of hydrogen-bond acceptors (Lipinski definition) is 0. The lowest BCUT2D eigenvalue weighted by Crippen LogP contribution is -2.28. The predicted octanol–water partition coefficient (Wildman–Crippen LogP) is 6.45. The van der Waals surface area contributed by atoms with Gasteiger partial charge in [0.2, 0.25) is 0 Å². The van der Waals surface area contributed by atoms with Crippen LogP contribution in [-0.4, -0.2) is 0 Å². The van der Waals surface area contributed by atoms with E-state index >= 15 is 0 Å². The zero-order chi connectivity index (χ0) is 13.7. The molecule has 19 heavy (non-hydrogen) atoms. The van der Waals surface area contributed by atoms with Gasteiger partial charge < -0.3 is 0 Å². The van der Waals surface area contributed by atoms with Crippen molar-refractivity contribution in [3.05, 3.63) is 0 Å². The van der Waals surface area contributed by atoms with E-state index in [4.69, 9.17) is 0 Å². The fourth-order valence-corrected chi connectivity index (χ4v) is 5.11. The van der Waals surface area contributed by atoms with Crippen LogP contribution in [0.15, 0.2) is 0 Å². The molecule has 0 unspecified atom stereocenters. The minimum absolute atomic E-state index is 1.02. The summed E-state index contributed by atoms with van der Waals surface area (Å²) in [5.41, 5.74) is 0. The number of hydrogen-bond donors (Lipinski definition) is 0. The van der Waals surface area contributed by atoms with Crippen molar-refractivity contribution in [3.8, 4) is 0 Å². The van der Waals surface area contributed by atoms with Crippen LogP contribution in [0.1, 0.15) is 91.4 Å². The van der Waals surface area contributed by atoms with Crippen molar-refractivity contribution < 1.29 is 0 Å². The highest BCUT2D eigenvalue weighted by Gasteiger charge is 2.32. The predicted molar refractivity (Wildman–Crippen MR) is 85.3 cm³/mol. The minimum atomic E-state index is 1.02. The maximum absolute atomic E-state index is 2.40. The monoisotopic (exact) mass is 264 g/mol. The summed E-state index contributed by atoms with van der Waals surface area (Å²) in [7, 11) is 0. The van der Waals surface area contributed by atoms with Crippen molar-refractivity contribution in [1.29, 1.82) is 0 Å². The first kappa shape index (κ1) is 15.4. The Bertz CT molecular complexity index is 224. The summed E-state index contributed by atoms with van der Waals surface area (Å²) < 4.78 is 0. The minimum Gasteiger partial charge on any atom is -0.0651 e. The van der Waals surface area contributed by atoms with Crippen molar-refractivity contribution >= 4 is 0 Å². The molecule has 0 bridgehead atoms.